The van der Waals surface area contributed by atoms with Gasteiger partial charge in [-0.3, -0.25) is 0 Å². The first kappa shape index (κ1) is 9.68. The molecule has 2 rings (SSSR count). The maximum Gasteiger partial charge on any atom is 0.0795 e. The topological polar surface area (TPSA) is 24.9 Å². The van der Waals surface area contributed by atoms with Gasteiger partial charge in [0.05, 0.1) is 17.7 Å². The number of hydrogen-bond donors (Lipinski definition) is 1. The van der Waals surface area contributed by atoms with Crippen LogP contribution < -0.4 is 5.32 Å². The fourth-order valence-corrected chi connectivity index (χ4v) is 1.91. The van der Waals surface area contributed by atoms with Gasteiger partial charge in [0.25, 0.3) is 0 Å². The average molecular weight is 269 g/mol. The summed E-state index contributed by atoms with van der Waals surface area (Å²) in [5.41, 5.74) is 4.04. The Morgan fingerprint density at radius 1 is 1.29 bits per heavy atom. The molecule has 0 unspecified atom stereocenters. The minimum Gasteiger partial charge on any atom is -0.379 e. The highest BCUT2D eigenvalue weighted by Gasteiger charge is 1.95. The molecule has 1 heterocycles. The predicted molar refractivity (Wildman–Crippen MR) is 63.6 cm³/mol. The number of rotatable bonds is 3. The summed E-state index contributed by atoms with van der Waals surface area (Å²) in [7, 11) is 0. The maximum absolute atomic E-state index is 4.20. The van der Waals surface area contributed by atoms with Gasteiger partial charge in [-0.25, -0.2) is 4.98 Å². The van der Waals surface area contributed by atoms with Crippen molar-refractivity contribution in [3.63, 3.8) is 0 Å². The fourth-order valence-electron chi connectivity index (χ4n) is 1.09. The molecule has 2 aromatic rings. The number of nitrogens with zero attached hydrogens (tertiary/aromatic N) is 1. The van der Waals surface area contributed by atoms with Crippen molar-refractivity contribution in [1.82, 2.24) is 4.98 Å². The maximum atomic E-state index is 4.20. The second kappa shape index (κ2) is 4.57. The number of aromatic nitrogens is 1. The Morgan fingerprint density at radius 2 is 2.07 bits per heavy atom. The lowest BCUT2D eigenvalue weighted by atomic mass is 10.3. The first-order chi connectivity index (χ1) is 6.84. The highest BCUT2D eigenvalue weighted by Crippen LogP contribution is 2.14. The monoisotopic (exact) mass is 268 g/mol. The quantitative estimate of drug-likeness (QED) is 0.922. The van der Waals surface area contributed by atoms with Gasteiger partial charge < -0.3 is 5.32 Å². The lowest BCUT2D eigenvalue weighted by Crippen LogP contribution is -1.98. The van der Waals surface area contributed by atoms with Gasteiger partial charge in [-0.05, 0) is 24.3 Å². The minimum absolute atomic E-state index is 0.783. The number of hydrogen-bond acceptors (Lipinski definition) is 3. The van der Waals surface area contributed by atoms with Gasteiger partial charge in [0.2, 0.25) is 0 Å². The zero-order chi connectivity index (χ0) is 9.80. The van der Waals surface area contributed by atoms with E-state index in [9.17, 15) is 0 Å². The average Bonchev–Trinajstić information content (AvgIpc) is 2.70. The van der Waals surface area contributed by atoms with E-state index in [0.29, 0.717) is 0 Å². The van der Waals surface area contributed by atoms with Gasteiger partial charge in [0, 0.05) is 15.5 Å². The summed E-state index contributed by atoms with van der Waals surface area (Å²) in [6, 6.07) is 8.11. The molecule has 0 aliphatic rings. The molecule has 4 heteroatoms. The largest absolute Gasteiger partial charge is 0.379 e. The van der Waals surface area contributed by atoms with Gasteiger partial charge in [-0.2, -0.15) is 0 Å². The van der Waals surface area contributed by atoms with Crippen molar-refractivity contribution in [1.29, 1.82) is 0 Å². The third-order valence-corrected chi connectivity index (χ3v) is 2.97. The molecule has 0 atom stereocenters. The Kier molecular flexibility index (Phi) is 3.16. The molecule has 0 fully saturated rings. The number of anilines is 1. The van der Waals surface area contributed by atoms with Gasteiger partial charge in [0.1, 0.15) is 0 Å². The molecule has 0 amide bonds. The van der Waals surface area contributed by atoms with Gasteiger partial charge >= 0.3 is 0 Å². The number of nitrogens with one attached hydrogen (secondary N) is 1. The van der Waals surface area contributed by atoms with Crippen LogP contribution in [-0.4, -0.2) is 4.98 Å². The number of thiazole rings is 1. The SMILES string of the molecule is Brc1ccc(NCc2cscn2)cc1. The normalized spacial score (nSPS) is 10.1. The summed E-state index contributed by atoms with van der Waals surface area (Å²) in [5, 5.41) is 5.35. The molecule has 0 aliphatic heterocycles. The van der Waals surface area contributed by atoms with Crippen molar-refractivity contribution in [3.8, 4) is 0 Å². The van der Waals surface area contributed by atoms with E-state index in [1.54, 1.807) is 11.3 Å². The van der Waals surface area contributed by atoms with Crippen LogP contribution in [0.1, 0.15) is 5.69 Å². The van der Waals surface area contributed by atoms with Crippen molar-refractivity contribution >= 4 is 33.0 Å². The van der Waals surface area contributed by atoms with Crippen molar-refractivity contribution in [3.05, 3.63) is 45.3 Å². The van der Waals surface area contributed by atoms with Crippen LogP contribution in [0.3, 0.4) is 0 Å². The Bertz CT molecular complexity index is 383. The summed E-state index contributed by atoms with van der Waals surface area (Å²) in [6.45, 7) is 0.783. The number of halogens is 1. The Hall–Kier alpha value is -0.870. The molecule has 0 radical (unpaired) electrons. The van der Waals surface area contributed by atoms with Crippen molar-refractivity contribution in [2.45, 2.75) is 6.54 Å². The molecule has 0 spiro atoms. The third-order valence-electron chi connectivity index (χ3n) is 1.80. The molecule has 1 aromatic carbocycles. The zero-order valence-electron chi connectivity index (χ0n) is 7.40. The van der Waals surface area contributed by atoms with Crippen LogP contribution in [0, 0.1) is 0 Å². The second-order valence-electron chi connectivity index (χ2n) is 2.84. The summed E-state index contributed by atoms with van der Waals surface area (Å²) >= 11 is 5.02. The van der Waals surface area contributed by atoms with Crippen molar-refractivity contribution < 1.29 is 0 Å². The van der Waals surface area contributed by atoms with Crippen molar-refractivity contribution in [2.24, 2.45) is 0 Å². The molecular formula is C10H9BrN2S. The summed E-state index contributed by atoms with van der Waals surface area (Å²) < 4.78 is 1.09. The summed E-state index contributed by atoms with van der Waals surface area (Å²) in [6.07, 6.45) is 0. The minimum atomic E-state index is 0.783. The van der Waals surface area contributed by atoms with Gasteiger partial charge in [0.15, 0.2) is 0 Å². The van der Waals surface area contributed by atoms with E-state index in [1.165, 1.54) is 0 Å². The van der Waals surface area contributed by atoms with Crippen LogP contribution in [0.25, 0.3) is 0 Å². The van der Waals surface area contributed by atoms with Crippen LogP contribution in [0.15, 0.2) is 39.6 Å². The smallest absolute Gasteiger partial charge is 0.0795 e. The first-order valence-electron chi connectivity index (χ1n) is 4.21. The Morgan fingerprint density at radius 3 is 2.71 bits per heavy atom. The lowest BCUT2D eigenvalue weighted by molar-refractivity contribution is 1.07. The molecule has 14 heavy (non-hydrogen) atoms. The van der Waals surface area contributed by atoms with Gasteiger partial charge in [-0.1, -0.05) is 15.9 Å². The third kappa shape index (κ3) is 2.56. The molecule has 1 aromatic heterocycles. The predicted octanol–water partition coefficient (Wildman–Crippen LogP) is 3.52. The number of benzene rings is 1. The first-order valence-corrected chi connectivity index (χ1v) is 5.95. The van der Waals surface area contributed by atoms with E-state index in [2.05, 4.69) is 26.2 Å². The molecule has 0 saturated carbocycles. The molecule has 0 saturated heterocycles. The lowest BCUT2D eigenvalue weighted by Gasteiger charge is -2.03. The van der Waals surface area contributed by atoms with E-state index in [4.69, 9.17) is 0 Å². The fraction of sp³-hybridized carbons (Fsp3) is 0.100. The van der Waals surface area contributed by atoms with E-state index < -0.39 is 0 Å². The van der Waals surface area contributed by atoms with Crippen LogP contribution >= 0.6 is 27.3 Å². The highest BCUT2D eigenvalue weighted by atomic mass is 79.9. The molecule has 1 N–H and O–H groups in total. The zero-order valence-corrected chi connectivity index (χ0v) is 9.81. The van der Waals surface area contributed by atoms with E-state index in [-0.39, 0.29) is 0 Å². The van der Waals surface area contributed by atoms with Crippen molar-refractivity contribution in [2.75, 3.05) is 5.32 Å². The molecule has 72 valence electrons. The molecule has 0 bridgehead atoms. The van der Waals surface area contributed by atoms with E-state index >= 15 is 0 Å². The van der Waals surface area contributed by atoms with Crippen LogP contribution in [-0.2, 0) is 6.54 Å². The van der Waals surface area contributed by atoms with Crippen LogP contribution in [0.5, 0.6) is 0 Å². The van der Waals surface area contributed by atoms with Crippen LogP contribution in [0.2, 0.25) is 0 Å². The standard InChI is InChI=1S/C10H9BrN2S/c11-8-1-3-9(4-2-8)12-5-10-6-14-7-13-10/h1-4,6-7,12H,5H2. The highest BCUT2D eigenvalue weighted by molar-refractivity contribution is 9.10. The summed E-state index contributed by atoms with van der Waals surface area (Å²) in [4.78, 5) is 4.20. The Balaban J connectivity index is 1.95. The van der Waals surface area contributed by atoms with Gasteiger partial charge in [-0.15, -0.1) is 11.3 Å². The molecular weight excluding hydrogens is 260 g/mol. The van der Waals surface area contributed by atoms with E-state index in [0.717, 1.165) is 22.4 Å². The summed E-state index contributed by atoms with van der Waals surface area (Å²) in [5.74, 6) is 0. The Labute approximate surface area is 95.1 Å². The van der Waals surface area contributed by atoms with Crippen LogP contribution in [0.4, 0.5) is 5.69 Å². The second-order valence-corrected chi connectivity index (χ2v) is 4.47. The van der Waals surface area contributed by atoms with E-state index in [1.807, 2.05) is 35.2 Å². The molecule has 0 aliphatic carbocycles. The molecule has 2 nitrogen and oxygen atoms in total.